The van der Waals surface area contributed by atoms with E-state index in [0.717, 1.165) is 38.5 Å². The minimum Gasteiger partial charge on any atom is -0.316 e. The van der Waals surface area contributed by atoms with E-state index in [0.29, 0.717) is 0 Å². The molecule has 0 atom stereocenters. The summed E-state index contributed by atoms with van der Waals surface area (Å²) >= 11 is 1.85. The van der Waals surface area contributed by atoms with Gasteiger partial charge in [0.25, 0.3) is 0 Å². The molecule has 0 aromatic carbocycles. The second-order valence-electron chi connectivity index (χ2n) is 4.53. The van der Waals surface area contributed by atoms with Crippen molar-refractivity contribution in [2.45, 2.75) is 26.7 Å². The molecule has 1 heterocycles. The first-order valence-electron chi connectivity index (χ1n) is 6.23. The molecule has 3 heteroatoms. The molecule has 1 aromatic rings. The summed E-state index contributed by atoms with van der Waals surface area (Å²) in [6.45, 7) is 8.97. The maximum Gasteiger partial charge on any atom is 0.00578 e. The molecule has 16 heavy (non-hydrogen) atoms. The molecule has 0 spiro atoms. The first-order chi connectivity index (χ1) is 7.79. The third kappa shape index (κ3) is 6.99. The smallest absolute Gasteiger partial charge is 0.00578 e. The van der Waals surface area contributed by atoms with Crippen molar-refractivity contribution in [3.05, 3.63) is 22.4 Å². The molecule has 1 aromatic heterocycles. The van der Waals surface area contributed by atoms with Crippen LogP contribution in [0.25, 0.3) is 0 Å². The van der Waals surface area contributed by atoms with Crippen molar-refractivity contribution in [3.63, 3.8) is 0 Å². The third-order valence-corrected chi connectivity index (χ3v) is 3.32. The van der Waals surface area contributed by atoms with Gasteiger partial charge in [0, 0.05) is 4.88 Å². The molecule has 0 aliphatic rings. The van der Waals surface area contributed by atoms with Crippen molar-refractivity contribution < 1.29 is 0 Å². The maximum absolute atomic E-state index is 3.48. The average molecular weight is 240 g/mol. The van der Waals surface area contributed by atoms with E-state index in [1.807, 2.05) is 11.3 Å². The van der Waals surface area contributed by atoms with Gasteiger partial charge < -0.3 is 10.6 Å². The monoisotopic (exact) mass is 240 g/mol. The summed E-state index contributed by atoms with van der Waals surface area (Å²) in [7, 11) is 0. The van der Waals surface area contributed by atoms with E-state index in [9.17, 15) is 0 Å². The molecule has 2 N–H and O–H groups in total. The Morgan fingerprint density at radius 2 is 2.00 bits per heavy atom. The molecule has 0 saturated carbocycles. The summed E-state index contributed by atoms with van der Waals surface area (Å²) in [5, 5.41) is 9.07. The molecular formula is C13H24N2S. The van der Waals surface area contributed by atoms with Crippen LogP contribution in [0.15, 0.2) is 17.5 Å². The maximum atomic E-state index is 3.48. The van der Waals surface area contributed by atoms with E-state index in [2.05, 4.69) is 42.0 Å². The Morgan fingerprint density at radius 3 is 2.69 bits per heavy atom. The van der Waals surface area contributed by atoms with Crippen LogP contribution in [0.5, 0.6) is 0 Å². The molecule has 0 fully saturated rings. The summed E-state index contributed by atoms with van der Waals surface area (Å²) in [6, 6.07) is 4.33. The van der Waals surface area contributed by atoms with Crippen LogP contribution in [0.2, 0.25) is 0 Å². The second kappa shape index (κ2) is 8.74. The van der Waals surface area contributed by atoms with Gasteiger partial charge in [-0.2, -0.15) is 0 Å². The highest BCUT2D eigenvalue weighted by molar-refractivity contribution is 7.09. The fourth-order valence-electron chi connectivity index (χ4n) is 1.52. The Hall–Kier alpha value is -0.380. The zero-order chi connectivity index (χ0) is 11.6. The Kier molecular flexibility index (Phi) is 7.47. The molecule has 0 aliphatic carbocycles. The van der Waals surface area contributed by atoms with Gasteiger partial charge in [-0.3, -0.25) is 0 Å². The predicted molar refractivity (Wildman–Crippen MR) is 73.2 cm³/mol. The third-order valence-electron chi connectivity index (χ3n) is 2.39. The van der Waals surface area contributed by atoms with E-state index in [4.69, 9.17) is 0 Å². The first-order valence-corrected chi connectivity index (χ1v) is 7.11. The van der Waals surface area contributed by atoms with Crippen molar-refractivity contribution in [2.75, 3.05) is 26.2 Å². The SMILES string of the molecule is CC(C)CNCCCNCCc1cccs1. The van der Waals surface area contributed by atoms with Crippen molar-refractivity contribution in [3.8, 4) is 0 Å². The normalized spacial score (nSPS) is 11.2. The summed E-state index contributed by atoms with van der Waals surface area (Å²) in [6.07, 6.45) is 2.38. The average Bonchev–Trinajstić information content (AvgIpc) is 2.74. The summed E-state index contributed by atoms with van der Waals surface area (Å²) in [5.41, 5.74) is 0. The van der Waals surface area contributed by atoms with Crippen LogP contribution in [0.1, 0.15) is 25.1 Å². The van der Waals surface area contributed by atoms with Crippen LogP contribution in [0.3, 0.4) is 0 Å². The van der Waals surface area contributed by atoms with Crippen molar-refractivity contribution in [1.82, 2.24) is 10.6 Å². The summed E-state index contributed by atoms with van der Waals surface area (Å²) in [4.78, 5) is 1.48. The highest BCUT2D eigenvalue weighted by atomic mass is 32.1. The van der Waals surface area contributed by atoms with Gasteiger partial charge >= 0.3 is 0 Å². The zero-order valence-corrected chi connectivity index (χ0v) is 11.3. The van der Waals surface area contributed by atoms with Crippen LogP contribution in [0, 0.1) is 5.92 Å². The highest BCUT2D eigenvalue weighted by Crippen LogP contribution is 2.07. The Labute approximate surface area is 103 Å². The standard InChI is InChI=1S/C13H24N2S/c1-12(2)11-15-8-4-7-14-9-6-13-5-3-10-16-13/h3,5,10,12,14-15H,4,6-9,11H2,1-2H3. The molecule has 0 unspecified atom stereocenters. The van der Waals surface area contributed by atoms with Gasteiger partial charge in [0.15, 0.2) is 0 Å². The van der Waals surface area contributed by atoms with Gasteiger partial charge in [-0.1, -0.05) is 19.9 Å². The van der Waals surface area contributed by atoms with Gasteiger partial charge in [-0.05, 0) is 56.4 Å². The van der Waals surface area contributed by atoms with Crippen molar-refractivity contribution in [2.24, 2.45) is 5.92 Å². The quantitative estimate of drug-likeness (QED) is 0.648. The Morgan fingerprint density at radius 1 is 1.19 bits per heavy atom. The molecule has 92 valence electrons. The Bertz CT molecular complexity index is 244. The predicted octanol–water partition coefficient (Wildman–Crippen LogP) is 2.52. The van der Waals surface area contributed by atoms with Gasteiger partial charge in [0.2, 0.25) is 0 Å². The first kappa shape index (κ1) is 13.7. The summed E-state index contributed by atoms with van der Waals surface area (Å²) < 4.78 is 0. The lowest BCUT2D eigenvalue weighted by atomic mass is 10.2. The van der Waals surface area contributed by atoms with Crippen molar-refractivity contribution >= 4 is 11.3 Å². The second-order valence-corrected chi connectivity index (χ2v) is 5.56. The van der Waals surface area contributed by atoms with Gasteiger partial charge in [-0.25, -0.2) is 0 Å². The van der Waals surface area contributed by atoms with Gasteiger partial charge in [-0.15, -0.1) is 11.3 Å². The number of hydrogen-bond donors (Lipinski definition) is 2. The Balaban J connectivity index is 1.82. The van der Waals surface area contributed by atoms with Crippen LogP contribution >= 0.6 is 11.3 Å². The lowest BCUT2D eigenvalue weighted by molar-refractivity contribution is 0.531. The highest BCUT2D eigenvalue weighted by Gasteiger charge is 1.94. The van der Waals surface area contributed by atoms with Crippen LogP contribution in [-0.4, -0.2) is 26.2 Å². The fraction of sp³-hybridized carbons (Fsp3) is 0.692. The van der Waals surface area contributed by atoms with E-state index in [1.165, 1.54) is 11.3 Å². The molecule has 2 nitrogen and oxygen atoms in total. The fourth-order valence-corrected chi connectivity index (χ4v) is 2.23. The lowest BCUT2D eigenvalue weighted by Crippen LogP contribution is -2.25. The number of thiophene rings is 1. The number of nitrogens with one attached hydrogen (secondary N) is 2. The zero-order valence-electron chi connectivity index (χ0n) is 10.5. The minimum absolute atomic E-state index is 0.756. The van der Waals surface area contributed by atoms with Gasteiger partial charge in [0.1, 0.15) is 0 Å². The number of rotatable bonds is 9. The van der Waals surface area contributed by atoms with E-state index < -0.39 is 0 Å². The van der Waals surface area contributed by atoms with Crippen molar-refractivity contribution in [1.29, 1.82) is 0 Å². The molecule has 0 radical (unpaired) electrons. The van der Waals surface area contributed by atoms with E-state index >= 15 is 0 Å². The van der Waals surface area contributed by atoms with Gasteiger partial charge in [0.05, 0.1) is 0 Å². The van der Waals surface area contributed by atoms with Crippen LogP contribution in [-0.2, 0) is 6.42 Å². The summed E-state index contributed by atoms with van der Waals surface area (Å²) in [5.74, 6) is 0.756. The molecule has 0 bridgehead atoms. The molecule has 0 saturated heterocycles. The minimum atomic E-state index is 0.756. The lowest BCUT2D eigenvalue weighted by Gasteiger charge is -2.07. The number of hydrogen-bond acceptors (Lipinski definition) is 3. The molecule has 0 amide bonds. The molecular weight excluding hydrogens is 216 g/mol. The molecule has 0 aliphatic heterocycles. The van der Waals surface area contributed by atoms with Crippen LogP contribution in [0.4, 0.5) is 0 Å². The van der Waals surface area contributed by atoms with Crippen LogP contribution < -0.4 is 10.6 Å². The molecule has 1 rings (SSSR count). The van der Waals surface area contributed by atoms with E-state index in [1.54, 1.807) is 0 Å². The largest absolute Gasteiger partial charge is 0.316 e. The topological polar surface area (TPSA) is 24.1 Å². The van der Waals surface area contributed by atoms with E-state index in [-0.39, 0.29) is 0 Å².